The molecular weight excluding hydrogens is 204 g/mol. The van der Waals surface area contributed by atoms with E-state index in [4.69, 9.17) is 0 Å². The van der Waals surface area contributed by atoms with Crippen LogP contribution in [0.15, 0.2) is 12.7 Å². The highest BCUT2D eigenvalue weighted by Gasteiger charge is 2.31. The van der Waals surface area contributed by atoms with Crippen LogP contribution < -0.4 is 0 Å². The predicted octanol–water partition coefficient (Wildman–Crippen LogP) is 5.83. The third kappa shape index (κ3) is 4.85. The van der Waals surface area contributed by atoms with E-state index in [1.54, 1.807) is 0 Å². The minimum Gasteiger partial charge on any atom is -0.103 e. The number of unbranched alkanes of at least 4 members (excludes halogenated alkanes) is 2. The van der Waals surface area contributed by atoms with Gasteiger partial charge in [0.1, 0.15) is 0 Å². The summed E-state index contributed by atoms with van der Waals surface area (Å²) >= 11 is 0. The van der Waals surface area contributed by atoms with Crippen LogP contribution in [0.2, 0.25) is 0 Å². The second kappa shape index (κ2) is 7.95. The second-order valence-corrected chi connectivity index (χ2v) is 6.30. The van der Waals surface area contributed by atoms with Crippen molar-refractivity contribution in [3.63, 3.8) is 0 Å². The molecule has 0 bridgehead atoms. The highest BCUT2D eigenvalue weighted by Crippen LogP contribution is 2.41. The monoisotopic (exact) mass is 236 g/mol. The molecule has 0 N–H and O–H groups in total. The van der Waals surface area contributed by atoms with E-state index >= 15 is 0 Å². The molecule has 0 aliphatic heterocycles. The smallest absolute Gasteiger partial charge is 0.0353 e. The zero-order chi connectivity index (χ0) is 12.7. The molecule has 1 aliphatic rings. The van der Waals surface area contributed by atoms with Crippen LogP contribution in [0.5, 0.6) is 0 Å². The van der Waals surface area contributed by atoms with Crippen molar-refractivity contribution in [2.45, 2.75) is 72.1 Å². The molecule has 0 nitrogen and oxygen atoms in total. The van der Waals surface area contributed by atoms with Gasteiger partial charge in [0.2, 0.25) is 0 Å². The molecule has 0 saturated heterocycles. The van der Waals surface area contributed by atoms with Crippen molar-refractivity contribution in [2.24, 2.45) is 23.7 Å². The molecule has 1 saturated carbocycles. The van der Waals surface area contributed by atoms with Gasteiger partial charge in [-0.3, -0.25) is 0 Å². The highest BCUT2D eigenvalue weighted by molar-refractivity contribution is 4.82. The first kappa shape index (κ1) is 14.8. The number of hydrogen-bond acceptors (Lipinski definition) is 0. The number of hydrogen-bond donors (Lipinski definition) is 0. The van der Waals surface area contributed by atoms with Gasteiger partial charge >= 0.3 is 0 Å². The van der Waals surface area contributed by atoms with Crippen molar-refractivity contribution >= 4 is 0 Å². The zero-order valence-electron chi connectivity index (χ0n) is 12.3. The highest BCUT2D eigenvalue weighted by atomic mass is 14.4. The Balaban J connectivity index is 2.40. The molecule has 17 heavy (non-hydrogen) atoms. The Bertz CT molecular complexity index is 206. The Morgan fingerprint density at radius 1 is 1.12 bits per heavy atom. The van der Waals surface area contributed by atoms with E-state index in [-0.39, 0.29) is 0 Å². The SMILES string of the molecule is C=CCCCC1CC(CCCC)CC(C)C1C. The molecule has 0 spiro atoms. The van der Waals surface area contributed by atoms with E-state index in [1.807, 2.05) is 0 Å². The zero-order valence-corrected chi connectivity index (χ0v) is 12.3. The molecule has 1 fully saturated rings. The molecule has 0 heteroatoms. The average molecular weight is 236 g/mol. The van der Waals surface area contributed by atoms with E-state index in [0.29, 0.717) is 0 Å². The maximum atomic E-state index is 3.83. The maximum absolute atomic E-state index is 3.83. The van der Waals surface area contributed by atoms with Gasteiger partial charge in [-0.25, -0.2) is 0 Å². The molecule has 100 valence electrons. The molecule has 4 unspecified atom stereocenters. The minimum absolute atomic E-state index is 0.942. The standard InChI is InChI=1S/C17H32/c1-5-7-9-11-17-13-16(10-8-6-2)12-14(3)15(17)4/h5,14-17H,1,6-13H2,2-4H3. The molecule has 0 aromatic heterocycles. The molecule has 0 radical (unpaired) electrons. The average Bonchev–Trinajstić information content (AvgIpc) is 2.32. The van der Waals surface area contributed by atoms with Gasteiger partial charge in [-0.2, -0.15) is 0 Å². The second-order valence-electron chi connectivity index (χ2n) is 6.30. The fourth-order valence-corrected chi connectivity index (χ4v) is 3.58. The maximum Gasteiger partial charge on any atom is -0.0353 e. The Hall–Kier alpha value is -0.260. The van der Waals surface area contributed by atoms with Gasteiger partial charge in [0.15, 0.2) is 0 Å². The van der Waals surface area contributed by atoms with E-state index in [0.717, 1.165) is 23.7 Å². The van der Waals surface area contributed by atoms with Gasteiger partial charge in [-0.1, -0.05) is 46.1 Å². The van der Waals surface area contributed by atoms with E-state index in [1.165, 1.54) is 51.4 Å². The summed E-state index contributed by atoms with van der Waals surface area (Å²) in [5, 5.41) is 0. The van der Waals surface area contributed by atoms with Gasteiger partial charge in [-0.05, 0) is 55.8 Å². The molecule has 0 heterocycles. The first-order valence-electron chi connectivity index (χ1n) is 7.79. The quantitative estimate of drug-likeness (QED) is 0.385. The summed E-state index contributed by atoms with van der Waals surface area (Å²) < 4.78 is 0. The fourth-order valence-electron chi connectivity index (χ4n) is 3.58. The van der Waals surface area contributed by atoms with Crippen LogP contribution >= 0.6 is 0 Å². The topological polar surface area (TPSA) is 0 Å². The van der Waals surface area contributed by atoms with Crippen LogP contribution in [0.4, 0.5) is 0 Å². The lowest BCUT2D eigenvalue weighted by Crippen LogP contribution is -2.29. The predicted molar refractivity (Wildman–Crippen MR) is 78.1 cm³/mol. The van der Waals surface area contributed by atoms with Crippen LogP contribution in [0.1, 0.15) is 72.1 Å². The first-order chi connectivity index (χ1) is 8.19. The third-order valence-electron chi connectivity index (χ3n) is 4.93. The summed E-state index contributed by atoms with van der Waals surface area (Å²) in [6, 6.07) is 0. The van der Waals surface area contributed by atoms with Crippen LogP contribution in [0, 0.1) is 23.7 Å². The van der Waals surface area contributed by atoms with Crippen LogP contribution in [-0.2, 0) is 0 Å². The third-order valence-corrected chi connectivity index (χ3v) is 4.93. The fraction of sp³-hybridized carbons (Fsp3) is 0.882. The van der Waals surface area contributed by atoms with Gasteiger partial charge in [0, 0.05) is 0 Å². The van der Waals surface area contributed by atoms with Crippen molar-refractivity contribution in [1.29, 1.82) is 0 Å². The number of allylic oxidation sites excluding steroid dienone is 1. The Labute approximate surface area is 109 Å². The molecule has 0 aromatic carbocycles. The van der Waals surface area contributed by atoms with E-state index in [9.17, 15) is 0 Å². The van der Waals surface area contributed by atoms with Gasteiger partial charge in [0.25, 0.3) is 0 Å². The summed E-state index contributed by atoms with van der Waals surface area (Å²) in [7, 11) is 0. The lowest BCUT2D eigenvalue weighted by atomic mass is 9.66. The summed E-state index contributed by atoms with van der Waals surface area (Å²) in [4.78, 5) is 0. The van der Waals surface area contributed by atoms with E-state index in [2.05, 4.69) is 33.4 Å². The van der Waals surface area contributed by atoms with Crippen molar-refractivity contribution in [3.8, 4) is 0 Å². The number of rotatable bonds is 7. The van der Waals surface area contributed by atoms with Crippen LogP contribution in [-0.4, -0.2) is 0 Å². The van der Waals surface area contributed by atoms with Crippen molar-refractivity contribution in [1.82, 2.24) is 0 Å². The van der Waals surface area contributed by atoms with Crippen molar-refractivity contribution in [2.75, 3.05) is 0 Å². The summed E-state index contributed by atoms with van der Waals surface area (Å²) in [6.45, 7) is 11.1. The largest absolute Gasteiger partial charge is 0.103 e. The van der Waals surface area contributed by atoms with Gasteiger partial charge in [0.05, 0.1) is 0 Å². The van der Waals surface area contributed by atoms with Crippen LogP contribution in [0.3, 0.4) is 0 Å². The normalized spacial score (nSPS) is 33.6. The van der Waals surface area contributed by atoms with Crippen molar-refractivity contribution < 1.29 is 0 Å². The molecule has 0 amide bonds. The van der Waals surface area contributed by atoms with Gasteiger partial charge in [-0.15, -0.1) is 6.58 Å². The minimum atomic E-state index is 0.942. The Morgan fingerprint density at radius 3 is 2.53 bits per heavy atom. The molecule has 1 aliphatic carbocycles. The molecule has 4 atom stereocenters. The van der Waals surface area contributed by atoms with Crippen molar-refractivity contribution in [3.05, 3.63) is 12.7 Å². The van der Waals surface area contributed by atoms with E-state index < -0.39 is 0 Å². The lowest BCUT2D eigenvalue weighted by molar-refractivity contribution is 0.114. The lowest BCUT2D eigenvalue weighted by Gasteiger charge is -2.39. The van der Waals surface area contributed by atoms with Crippen LogP contribution in [0.25, 0.3) is 0 Å². The summed E-state index contributed by atoms with van der Waals surface area (Å²) in [6.07, 6.45) is 13.3. The first-order valence-corrected chi connectivity index (χ1v) is 7.79. The summed E-state index contributed by atoms with van der Waals surface area (Å²) in [5.41, 5.74) is 0. The Morgan fingerprint density at radius 2 is 1.88 bits per heavy atom. The molecular formula is C17H32. The molecule has 1 rings (SSSR count). The Kier molecular flexibility index (Phi) is 6.92. The van der Waals surface area contributed by atoms with Gasteiger partial charge < -0.3 is 0 Å². The molecule has 0 aromatic rings. The summed E-state index contributed by atoms with van der Waals surface area (Å²) in [5.74, 6) is 3.90.